The molecule has 0 aromatic carbocycles. The summed E-state index contributed by atoms with van der Waals surface area (Å²) in [4.78, 5) is 16.0. The Kier molecular flexibility index (Phi) is 2.91. The number of nitrogens with zero attached hydrogens (tertiary/aromatic N) is 2. The number of urea groups is 1. The van der Waals surface area contributed by atoms with Crippen LogP contribution in [0.1, 0.15) is 19.3 Å². The van der Waals surface area contributed by atoms with Crippen LogP contribution in [0.4, 0.5) is 4.79 Å². The van der Waals surface area contributed by atoms with E-state index in [1.165, 1.54) is 19.4 Å². The summed E-state index contributed by atoms with van der Waals surface area (Å²) in [7, 11) is 1.71. The molecule has 1 unspecified atom stereocenters. The number of fused-ring (bicyclic) bond motifs is 1. The lowest BCUT2D eigenvalue weighted by atomic mass is 10.2. The summed E-state index contributed by atoms with van der Waals surface area (Å²) in [5.41, 5.74) is 0. The Balaban J connectivity index is 1.98. The van der Waals surface area contributed by atoms with E-state index < -0.39 is 0 Å². The minimum Gasteiger partial charge on any atom is -0.341 e. The third-order valence-corrected chi connectivity index (χ3v) is 3.30. The van der Waals surface area contributed by atoms with Crippen molar-refractivity contribution in [3.8, 4) is 0 Å². The lowest BCUT2D eigenvalue weighted by Crippen LogP contribution is -2.43. The molecular formula is C10H19N3O. The van der Waals surface area contributed by atoms with Gasteiger partial charge in [0, 0.05) is 32.7 Å². The molecule has 0 saturated carbocycles. The lowest BCUT2D eigenvalue weighted by Gasteiger charge is -2.25. The Morgan fingerprint density at radius 2 is 2.07 bits per heavy atom. The predicted octanol–water partition coefficient (Wildman–Crippen LogP) is 0.496. The van der Waals surface area contributed by atoms with Gasteiger partial charge in [-0.05, 0) is 25.8 Å². The first-order chi connectivity index (χ1) is 6.81. The van der Waals surface area contributed by atoms with Crippen LogP contribution in [-0.4, -0.2) is 55.1 Å². The number of amides is 2. The standard InChI is InChI=1S/C10H19N3O/c1-11-10(14)13-7-3-6-12-5-2-4-9(12)8-13/h9H,2-8H2,1H3,(H,11,14). The maximum atomic E-state index is 11.5. The smallest absolute Gasteiger partial charge is 0.317 e. The average Bonchev–Trinajstić information content (AvgIpc) is 2.54. The van der Waals surface area contributed by atoms with Crippen molar-refractivity contribution in [1.29, 1.82) is 0 Å². The second-order valence-electron chi connectivity index (χ2n) is 4.19. The fourth-order valence-electron chi connectivity index (χ4n) is 2.55. The zero-order valence-corrected chi connectivity index (χ0v) is 8.83. The Bertz CT molecular complexity index is 219. The summed E-state index contributed by atoms with van der Waals surface area (Å²) in [6, 6.07) is 0.702. The van der Waals surface area contributed by atoms with Gasteiger partial charge in [0.15, 0.2) is 0 Å². The van der Waals surface area contributed by atoms with Crippen LogP contribution in [0.3, 0.4) is 0 Å². The molecule has 14 heavy (non-hydrogen) atoms. The van der Waals surface area contributed by atoms with E-state index in [4.69, 9.17) is 0 Å². The second kappa shape index (κ2) is 4.17. The Morgan fingerprint density at radius 1 is 1.29 bits per heavy atom. The molecular weight excluding hydrogens is 178 g/mol. The van der Waals surface area contributed by atoms with E-state index in [1.807, 2.05) is 4.90 Å². The van der Waals surface area contributed by atoms with Crippen molar-refractivity contribution in [3.63, 3.8) is 0 Å². The quantitative estimate of drug-likeness (QED) is 0.613. The van der Waals surface area contributed by atoms with Crippen molar-refractivity contribution in [3.05, 3.63) is 0 Å². The van der Waals surface area contributed by atoms with Gasteiger partial charge in [-0.25, -0.2) is 4.79 Å². The van der Waals surface area contributed by atoms with Crippen LogP contribution in [0.2, 0.25) is 0 Å². The van der Waals surface area contributed by atoms with Crippen molar-refractivity contribution in [2.75, 3.05) is 33.2 Å². The highest BCUT2D eigenvalue weighted by molar-refractivity contribution is 5.73. The minimum atomic E-state index is 0.0822. The third-order valence-electron chi connectivity index (χ3n) is 3.30. The SMILES string of the molecule is CNC(=O)N1CCCN2CCCC2C1. The third kappa shape index (κ3) is 1.85. The molecule has 0 aliphatic carbocycles. The molecule has 0 radical (unpaired) electrons. The van der Waals surface area contributed by atoms with Crippen LogP contribution in [0, 0.1) is 0 Å². The van der Waals surface area contributed by atoms with E-state index >= 15 is 0 Å². The minimum absolute atomic E-state index is 0.0822. The van der Waals surface area contributed by atoms with Crippen molar-refractivity contribution >= 4 is 6.03 Å². The van der Waals surface area contributed by atoms with Gasteiger partial charge in [0.1, 0.15) is 0 Å². The first-order valence-electron chi connectivity index (χ1n) is 5.52. The molecule has 2 aliphatic rings. The predicted molar refractivity (Wildman–Crippen MR) is 55.2 cm³/mol. The van der Waals surface area contributed by atoms with Crippen molar-refractivity contribution < 1.29 is 4.79 Å². The number of hydrogen-bond acceptors (Lipinski definition) is 2. The summed E-state index contributed by atoms with van der Waals surface area (Å²) < 4.78 is 0. The fourth-order valence-corrected chi connectivity index (χ4v) is 2.55. The van der Waals surface area contributed by atoms with Gasteiger partial charge >= 0.3 is 6.03 Å². The molecule has 0 bridgehead atoms. The van der Waals surface area contributed by atoms with E-state index in [9.17, 15) is 4.79 Å². The number of rotatable bonds is 0. The van der Waals surface area contributed by atoms with Crippen molar-refractivity contribution in [1.82, 2.24) is 15.1 Å². The molecule has 0 aromatic rings. The Hall–Kier alpha value is -0.770. The average molecular weight is 197 g/mol. The first-order valence-corrected chi connectivity index (χ1v) is 5.52. The summed E-state index contributed by atoms with van der Waals surface area (Å²) in [6.45, 7) is 4.22. The van der Waals surface area contributed by atoms with Crippen LogP contribution in [0.5, 0.6) is 0 Å². The van der Waals surface area contributed by atoms with E-state index in [0.717, 1.165) is 26.1 Å². The second-order valence-corrected chi connectivity index (χ2v) is 4.19. The molecule has 0 spiro atoms. The van der Waals surface area contributed by atoms with Crippen LogP contribution in [0.15, 0.2) is 0 Å². The van der Waals surface area contributed by atoms with Gasteiger partial charge in [0.05, 0.1) is 0 Å². The number of carbonyl (C=O) groups is 1. The maximum absolute atomic E-state index is 11.5. The maximum Gasteiger partial charge on any atom is 0.317 e. The first kappa shape index (κ1) is 9.77. The molecule has 4 heteroatoms. The molecule has 2 amide bonds. The molecule has 1 N–H and O–H groups in total. The van der Waals surface area contributed by atoms with Gasteiger partial charge in [0.2, 0.25) is 0 Å². The highest BCUT2D eigenvalue weighted by Gasteiger charge is 2.29. The number of nitrogens with one attached hydrogen (secondary N) is 1. The summed E-state index contributed by atoms with van der Waals surface area (Å²) in [5, 5.41) is 2.71. The van der Waals surface area contributed by atoms with E-state index in [-0.39, 0.29) is 6.03 Å². The van der Waals surface area contributed by atoms with Gasteiger partial charge in [-0.15, -0.1) is 0 Å². The fraction of sp³-hybridized carbons (Fsp3) is 0.900. The zero-order valence-electron chi connectivity index (χ0n) is 8.83. The molecule has 0 aromatic heterocycles. The topological polar surface area (TPSA) is 35.6 Å². The van der Waals surface area contributed by atoms with Crippen molar-refractivity contribution in [2.24, 2.45) is 0 Å². The van der Waals surface area contributed by atoms with Crippen LogP contribution < -0.4 is 5.32 Å². The number of hydrogen-bond donors (Lipinski definition) is 1. The largest absolute Gasteiger partial charge is 0.341 e. The molecule has 1 atom stereocenters. The summed E-state index contributed by atoms with van der Waals surface area (Å²) in [6.07, 6.45) is 3.67. The van der Waals surface area contributed by atoms with Gasteiger partial charge in [-0.3, -0.25) is 4.90 Å². The van der Waals surface area contributed by atoms with Gasteiger partial charge in [-0.2, -0.15) is 0 Å². The van der Waals surface area contributed by atoms with Gasteiger partial charge in [-0.1, -0.05) is 0 Å². The van der Waals surface area contributed by atoms with E-state index in [2.05, 4.69) is 10.2 Å². The van der Waals surface area contributed by atoms with Gasteiger partial charge < -0.3 is 10.2 Å². The monoisotopic (exact) mass is 197 g/mol. The van der Waals surface area contributed by atoms with E-state index in [1.54, 1.807) is 7.05 Å². The molecule has 2 rings (SSSR count). The highest BCUT2D eigenvalue weighted by Crippen LogP contribution is 2.21. The summed E-state index contributed by atoms with van der Waals surface area (Å²) >= 11 is 0. The number of carbonyl (C=O) groups excluding carboxylic acids is 1. The molecule has 2 aliphatic heterocycles. The lowest BCUT2D eigenvalue weighted by molar-refractivity contribution is 0.190. The van der Waals surface area contributed by atoms with Crippen molar-refractivity contribution in [2.45, 2.75) is 25.3 Å². The van der Waals surface area contributed by atoms with Crippen LogP contribution in [-0.2, 0) is 0 Å². The van der Waals surface area contributed by atoms with Crippen LogP contribution in [0.25, 0.3) is 0 Å². The summed E-state index contributed by atoms with van der Waals surface area (Å²) in [5.74, 6) is 0. The molecule has 2 heterocycles. The van der Waals surface area contributed by atoms with Gasteiger partial charge in [0.25, 0.3) is 0 Å². The normalized spacial score (nSPS) is 28.4. The Morgan fingerprint density at radius 3 is 2.86 bits per heavy atom. The van der Waals surface area contributed by atoms with Crippen LogP contribution >= 0.6 is 0 Å². The molecule has 2 saturated heterocycles. The molecule has 4 nitrogen and oxygen atoms in total. The molecule has 2 fully saturated rings. The Labute approximate surface area is 85.2 Å². The highest BCUT2D eigenvalue weighted by atomic mass is 16.2. The zero-order chi connectivity index (χ0) is 9.97. The van der Waals surface area contributed by atoms with E-state index in [0.29, 0.717) is 6.04 Å². The molecule has 80 valence electrons.